The Balaban J connectivity index is 0.00000272. The molecule has 0 atom stereocenters. The molecule has 0 heterocycles. The van der Waals surface area contributed by atoms with Crippen LogP contribution in [0.2, 0.25) is 5.02 Å². The van der Waals surface area contributed by atoms with Gasteiger partial charge in [0.2, 0.25) is 0 Å². The fourth-order valence-electron chi connectivity index (χ4n) is 6.35. The Morgan fingerprint density at radius 2 is 1.74 bits per heavy atom. The number of rotatable bonds is 11. The van der Waals surface area contributed by atoms with Gasteiger partial charge in [0.05, 0.1) is 17.2 Å². The first-order chi connectivity index (χ1) is 14.6. The van der Waals surface area contributed by atoms with Gasteiger partial charge >= 0.3 is 0 Å². The highest BCUT2D eigenvalue weighted by molar-refractivity contribution is 6.33. The molecule has 3 N–H and O–H groups in total. The van der Waals surface area contributed by atoms with E-state index < -0.39 is 0 Å². The molecule has 4 bridgehead atoms. The Labute approximate surface area is 197 Å². The van der Waals surface area contributed by atoms with Gasteiger partial charge in [-0.1, -0.05) is 11.6 Å². The molecule has 1 amide bonds. The molecule has 0 unspecified atom stereocenters. The Kier molecular flexibility index (Phi) is 8.91. The van der Waals surface area contributed by atoms with Crippen LogP contribution < -0.4 is 15.4 Å². The summed E-state index contributed by atoms with van der Waals surface area (Å²) in [4.78, 5) is 12.9. The fraction of sp³-hybridized carbons (Fsp3) is 0.708. The van der Waals surface area contributed by atoms with Gasteiger partial charge in [0.15, 0.2) is 0 Å². The van der Waals surface area contributed by atoms with E-state index in [4.69, 9.17) is 21.4 Å². The number of ether oxygens (including phenoxy) is 1. The lowest BCUT2D eigenvalue weighted by molar-refractivity contribution is -0.0503. The molecule has 1 aromatic rings. The molecular formula is C24H36Cl2N2O3. The third-order valence-corrected chi connectivity index (χ3v) is 7.58. The van der Waals surface area contributed by atoms with Crippen LogP contribution in [0.1, 0.15) is 61.7 Å². The molecule has 1 aromatic carbocycles. The molecule has 4 fully saturated rings. The standard InChI is InChI=1S/C24H35ClN2O3.ClH/c25-22-4-3-20(30-8-2-6-26-5-1-7-28)12-21(22)23(29)27-16-24-13-17-9-18(14-24)11-19(10-17)15-24;/h3-4,12,17-19,26,28H,1-2,5-11,13-16H2,(H,27,29);1H. The molecule has 4 aliphatic carbocycles. The molecule has 4 saturated carbocycles. The predicted octanol–water partition coefficient (Wildman–Crippen LogP) is 4.45. The average Bonchev–Trinajstić information content (AvgIpc) is 2.71. The fourth-order valence-corrected chi connectivity index (χ4v) is 6.56. The molecule has 5 nitrogen and oxygen atoms in total. The van der Waals surface area contributed by atoms with E-state index >= 15 is 0 Å². The molecule has 0 aromatic heterocycles. The van der Waals surface area contributed by atoms with E-state index in [2.05, 4.69) is 10.6 Å². The summed E-state index contributed by atoms with van der Waals surface area (Å²) in [6.07, 6.45) is 9.70. The zero-order valence-electron chi connectivity index (χ0n) is 18.2. The summed E-state index contributed by atoms with van der Waals surface area (Å²) in [6, 6.07) is 5.32. The van der Waals surface area contributed by atoms with E-state index in [-0.39, 0.29) is 24.9 Å². The Bertz CT molecular complexity index is 708. The summed E-state index contributed by atoms with van der Waals surface area (Å²) in [6.45, 7) is 3.21. The zero-order chi connectivity index (χ0) is 21.0. The predicted molar refractivity (Wildman–Crippen MR) is 126 cm³/mol. The van der Waals surface area contributed by atoms with Gasteiger partial charge < -0.3 is 20.5 Å². The highest BCUT2D eigenvalue weighted by Crippen LogP contribution is 2.59. The van der Waals surface area contributed by atoms with Crippen LogP contribution in [0, 0.1) is 23.2 Å². The number of carbonyl (C=O) groups excluding carboxylic acids is 1. The van der Waals surface area contributed by atoms with Gasteiger partial charge in [0.25, 0.3) is 5.91 Å². The minimum Gasteiger partial charge on any atom is -0.494 e. The number of aliphatic hydroxyl groups is 1. The van der Waals surface area contributed by atoms with Crippen molar-refractivity contribution >= 4 is 29.9 Å². The van der Waals surface area contributed by atoms with Crippen molar-refractivity contribution < 1.29 is 14.6 Å². The smallest absolute Gasteiger partial charge is 0.252 e. The minimum absolute atomic E-state index is 0. The summed E-state index contributed by atoms with van der Waals surface area (Å²) in [7, 11) is 0. The maximum Gasteiger partial charge on any atom is 0.252 e. The average molecular weight is 471 g/mol. The molecule has 31 heavy (non-hydrogen) atoms. The number of amides is 1. The second kappa shape index (κ2) is 11.2. The summed E-state index contributed by atoms with van der Waals surface area (Å²) in [5.74, 6) is 3.23. The van der Waals surface area contributed by atoms with E-state index in [0.717, 1.165) is 50.2 Å². The van der Waals surface area contributed by atoms with Gasteiger partial charge in [-0.15, -0.1) is 12.4 Å². The zero-order valence-corrected chi connectivity index (χ0v) is 19.8. The summed E-state index contributed by atoms with van der Waals surface area (Å²) in [5, 5.41) is 15.7. The van der Waals surface area contributed by atoms with Gasteiger partial charge in [-0.05, 0) is 106 Å². The molecule has 0 radical (unpaired) electrons. The minimum atomic E-state index is -0.0909. The maximum atomic E-state index is 12.9. The third kappa shape index (κ3) is 6.28. The lowest BCUT2D eigenvalue weighted by Crippen LogP contribution is -2.51. The largest absolute Gasteiger partial charge is 0.494 e. The van der Waals surface area contributed by atoms with E-state index in [1.165, 1.54) is 38.5 Å². The molecule has 0 aliphatic heterocycles. The van der Waals surface area contributed by atoms with Crippen molar-refractivity contribution in [3.8, 4) is 5.75 Å². The number of hydrogen-bond acceptors (Lipinski definition) is 4. The Morgan fingerprint density at radius 3 is 2.39 bits per heavy atom. The number of halogens is 2. The van der Waals surface area contributed by atoms with E-state index in [9.17, 15) is 4.79 Å². The lowest BCUT2D eigenvalue weighted by atomic mass is 9.49. The highest BCUT2D eigenvalue weighted by Gasteiger charge is 2.50. The first-order valence-electron chi connectivity index (χ1n) is 11.6. The van der Waals surface area contributed by atoms with Crippen molar-refractivity contribution in [3.63, 3.8) is 0 Å². The van der Waals surface area contributed by atoms with Gasteiger partial charge in [-0.2, -0.15) is 0 Å². The quantitative estimate of drug-likeness (QED) is 0.417. The van der Waals surface area contributed by atoms with Crippen LogP contribution in [-0.2, 0) is 0 Å². The third-order valence-electron chi connectivity index (χ3n) is 7.25. The van der Waals surface area contributed by atoms with E-state index in [1.54, 1.807) is 12.1 Å². The van der Waals surface area contributed by atoms with Crippen molar-refractivity contribution in [2.75, 3.05) is 32.8 Å². The summed E-state index contributed by atoms with van der Waals surface area (Å²) < 4.78 is 5.81. The van der Waals surface area contributed by atoms with Crippen LogP contribution in [0.3, 0.4) is 0 Å². The topological polar surface area (TPSA) is 70.6 Å². The first kappa shape index (κ1) is 24.6. The number of nitrogens with one attached hydrogen (secondary N) is 2. The molecule has 5 rings (SSSR count). The van der Waals surface area contributed by atoms with Crippen molar-refractivity contribution in [3.05, 3.63) is 28.8 Å². The van der Waals surface area contributed by atoms with Gasteiger partial charge in [-0.25, -0.2) is 0 Å². The SMILES string of the molecule is Cl.O=C(NCC12CC3CC(CC(C3)C1)C2)c1cc(OCCCNCCCO)ccc1Cl. The molecule has 174 valence electrons. The number of aliphatic hydroxyl groups excluding tert-OH is 1. The lowest BCUT2D eigenvalue weighted by Gasteiger charge is -2.56. The van der Waals surface area contributed by atoms with Gasteiger partial charge in [0.1, 0.15) is 5.75 Å². The first-order valence-corrected chi connectivity index (χ1v) is 12.0. The molecular weight excluding hydrogens is 435 g/mol. The van der Waals surface area contributed by atoms with Crippen LogP contribution in [0.15, 0.2) is 18.2 Å². The summed E-state index contributed by atoms with van der Waals surface area (Å²) >= 11 is 6.33. The van der Waals surface area contributed by atoms with Crippen molar-refractivity contribution in [2.24, 2.45) is 23.2 Å². The van der Waals surface area contributed by atoms with Crippen LogP contribution in [0.25, 0.3) is 0 Å². The molecule has 0 saturated heterocycles. The van der Waals surface area contributed by atoms with Gasteiger partial charge in [-0.3, -0.25) is 4.79 Å². The van der Waals surface area contributed by atoms with Gasteiger partial charge in [0, 0.05) is 13.2 Å². The summed E-state index contributed by atoms with van der Waals surface area (Å²) in [5.41, 5.74) is 0.813. The van der Waals surface area contributed by atoms with Crippen LogP contribution in [0.5, 0.6) is 5.75 Å². The van der Waals surface area contributed by atoms with Crippen molar-refractivity contribution in [2.45, 2.75) is 51.4 Å². The van der Waals surface area contributed by atoms with Crippen molar-refractivity contribution in [1.29, 1.82) is 0 Å². The maximum absolute atomic E-state index is 12.9. The Hall–Kier alpha value is -1.01. The monoisotopic (exact) mass is 470 g/mol. The number of hydrogen-bond donors (Lipinski definition) is 3. The van der Waals surface area contributed by atoms with E-state index in [1.807, 2.05) is 6.07 Å². The second-order valence-corrected chi connectivity index (χ2v) is 10.2. The second-order valence-electron chi connectivity index (χ2n) is 9.77. The normalized spacial score (nSPS) is 28.3. The molecule has 7 heteroatoms. The van der Waals surface area contributed by atoms with Crippen LogP contribution in [-0.4, -0.2) is 43.9 Å². The molecule has 0 spiro atoms. The number of benzene rings is 1. The molecule has 4 aliphatic rings. The number of carbonyl (C=O) groups is 1. The Morgan fingerprint density at radius 1 is 1.10 bits per heavy atom. The van der Waals surface area contributed by atoms with Crippen LogP contribution in [0.4, 0.5) is 0 Å². The highest BCUT2D eigenvalue weighted by atomic mass is 35.5. The van der Waals surface area contributed by atoms with Crippen LogP contribution >= 0.6 is 24.0 Å². The van der Waals surface area contributed by atoms with Crippen molar-refractivity contribution in [1.82, 2.24) is 10.6 Å². The van der Waals surface area contributed by atoms with E-state index in [0.29, 0.717) is 28.4 Å².